The Kier molecular flexibility index (Phi) is 2.99. The van der Waals surface area contributed by atoms with Gasteiger partial charge in [-0.2, -0.15) is 5.26 Å². The van der Waals surface area contributed by atoms with Crippen LogP contribution in [0.1, 0.15) is 6.23 Å². The number of anilines is 1. The number of hydrogen-bond acceptors (Lipinski definition) is 9. The zero-order valence-corrected chi connectivity index (χ0v) is 10.7. The summed E-state index contributed by atoms with van der Waals surface area (Å²) in [7, 11) is 0. The van der Waals surface area contributed by atoms with E-state index in [4.69, 9.17) is 15.7 Å². The third-order valence-electron chi connectivity index (χ3n) is 3.51. The number of nitrogens with zero attached hydrogens (tertiary/aromatic N) is 5. The standard InChI is InChI=1S/C11H12N6O4/c12-1-11(2-18)7(20)6(19)10(21-11)17-4-16-5-8(13)14-3-15-9(5)17/h3-4,6-7,10,18-20H,2H2,(H2,13,14,15)/t6?,7?,10-,11-/m1/s1. The van der Waals surface area contributed by atoms with Crippen molar-refractivity contribution in [3.8, 4) is 6.07 Å². The Morgan fingerprint density at radius 2 is 2.19 bits per heavy atom. The number of ether oxygens (including phenoxy) is 1. The van der Waals surface area contributed by atoms with E-state index >= 15 is 0 Å². The number of hydrogen-bond donors (Lipinski definition) is 4. The first kappa shape index (κ1) is 13.7. The fraction of sp³-hybridized carbons (Fsp3) is 0.455. The first-order chi connectivity index (χ1) is 10.0. The van der Waals surface area contributed by atoms with E-state index in [2.05, 4.69) is 15.0 Å². The van der Waals surface area contributed by atoms with Gasteiger partial charge in [-0.15, -0.1) is 0 Å². The van der Waals surface area contributed by atoms with Gasteiger partial charge in [-0.25, -0.2) is 15.0 Å². The van der Waals surface area contributed by atoms with Crippen LogP contribution in [0.5, 0.6) is 0 Å². The summed E-state index contributed by atoms with van der Waals surface area (Å²) in [4.78, 5) is 11.8. The number of nitrogens with two attached hydrogens (primary N) is 1. The summed E-state index contributed by atoms with van der Waals surface area (Å²) in [6, 6.07) is 1.69. The van der Waals surface area contributed by atoms with Gasteiger partial charge < -0.3 is 25.8 Å². The lowest BCUT2D eigenvalue weighted by molar-refractivity contribution is -0.0923. The third-order valence-corrected chi connectivity index (χ3v) is 3.51. The summed E-state index contributed by atoms with van der Waals surface area (Å²) >= 11 is 0. The second-order valence-electron chi connectivity index (χ2n) is 4.69. The molecule has 10 heteroatoms. The van der Waals surface area contributed by atoms with Gasteiger partial charge in [-0.1, -0.05) is 0 Å². The minimum Gasteiger partial charge on any atom is -0.392 e. The molecule has 0 radical (unpaired) electrons. The van der Waals surface area contributed by atoms with Crippen molar-refractivity contribution >= 4 is 17.0 Å². The van der Waals surface area contributed by atoms with E-state index in [0.717, 1.165) is 0 Å². The predicted octanol–water partition coefficient (Wildman–Crippen LogP) is -2.09. The highest BCUT2D eigenvalue weighted by atomic mass is 16.6. The third kappa shape index (κ3) is 1.76. The maximum atomic E-state index is 10.1. The van der Waals surface area contributed by atoms with Crippen molar-refractivity contribution in [1.29, 1.82) is 5.26 Å². The monoisotopic (exact) mass is 292 g/mol. The van der Waals surface area contributed by atoms with Crippen molar-refractivity contribution < 1.29 is 20.1 Å². The summed E-state index contributed by atoms with van der Waals surface area (Å²) in [5, 5.41) is 38.4. The van der Waals surface area contributed by atoms with Gasteiger partial charge in [0, 0.05) is 0 Å². The zero-order valence-electron chi connectivity index (χ0n) is 10.7. The molecule has 1 saturated heterocycles. The number of aliphatic hydroxyl groups excluding tert-OH is 3. The van der Waals surface area contributed by atoms with Crippen LogP contribution in [-0.4, -0.2) is 59.3 Å². The van der Waals surface area contributed by atoms with Crippen molar-refractivity contribution in [2.24, 2.45) is 0 Å². The van der Waals surface area contributed by atoms with Gasteiger partial charge in [0.05, 0.1) is 12.9 Å². The second-order valence-corrected chi connectivity index (χ2v) is 4.69. The number of aromatic nitrogens is 4. The van der Waals surface area contributed by atoms with Crippen molar-refractivity contribution in [2.75, 3.05) is 12.3 Å². The van der Waals surface area contributed by atoms with E-state index in [1.54, 1.807) is 6.07 Å². The average molecular weight is 292 g/mol. The molecule has 10 nitrogen and oxygen atoms in total. The smallest absolute Gasteiger partial charge is 0.207 e. The van der Waals surface area contributed by atoms with Crippen molar-refractivity contribution in [2.45, 2.75) is 24.0 Å². The van der Waals surface area contributed by atoms with Crippen LogP contribution in [-0.2, 0) is 4.74 Å². The van der Waals surface area contributed by atoms with E-state index in [0.29, 0.717) is 5.52 Å². The summed E-state index contributed by atoms with van der Waals surface area (Å²) in [6.45, 7) is -0.762. The van der Waals surface area contributed by atoms with Gasteiger partial charge in [0.2, 0.25) is 5.60 Å². The Morgan fingerprint density at radius 3 is 2.81 bits per heavy atom. The number of fused-ring (bicyclic) bond motifs is 1. The largest absolute Gasteiger partial charge is 0.392 e. The number of imidazole rings is 1. The lowest BCUT2D eigenvalue weighted by atomic mass is 9.98. The fourth-order valence-electron chi connectivity index (χ4n) is 2.32. The Hall–Kier alpha value is -2.32. The molecule has 110 valence electrons. The highest BCUT2D eigenvalue weighted by Crippen LogP contribution is 2.37. The molecule has 1 fully saturated rings. The average Bonchev–Trinajstić information content (AvgIpc) is 3.02. The summed E-state index contributed by atoms with van der Waals surface area (Å²) in [5.74, 6) is 0.153. The van der Waals surface area contributed by atoms with Crippen LogP contribution in [0, 0.1) is 11.3 Å². The summed E-state index contributed by atoms with van der Waals surface area (Å²) in [6.07, 6.45) is -1.62. The van der Waals surface area contributed by atoms with E-state index < -0.39 is 30.6 Å². The lowest BCUT2D eigenvalue weighted by Crippen LogP contribution is -2.44. The number of nitrogen functional groups attached to an aromatic ring is 1. The lowest BCUT2D eigenvalue weighted by Gasteiger charge is -2.21. The number of nitriles is 1. The van der Waals surface area contributed by atoms with Gasteiger partial charge >= 0.3 is 0 Å². The molecular weight excluding hydrogens is 280 g/mol. The van der Waals surface area contributed by atoms with Crippen molar-refractivity contribution in [3.63, 3.8) is 0 Å². The van der Waals surface area contributed by atoms with Gasteiger partial charge in [0.1, 0.15) is 30.1 Å². The van der Waals surface area contributed by atoms with Crippen molar-refractivity contribution in [3.05, 3.63) is 12.7 Å². The molecule has 0 aliphatic carbocycles. The summed E-state index contributed by atoms with van der Waals surface area (Å²) < 4.78 is 6.70. The molecule has 4 atom stereocenters. The molecular formula is C11H12N6O4. The van der Waals surface area contributed by atoms with Gasteiger partial charge in [0.15, 0.2) is 17.7 Å². The molecule has 3 rings (SSSR count). The Morgan fingerprint density at radius 1 is 1.43 bits per heavy atom. The maximum absolute atomic E-state index is 10.1. The molecule has 5 N–H and O–H groups in total. The molecule has 1 aliphatic rings. The highest BCUT2D eigenvalue weighted by Gasteiger charge is 2.55. The number of aliphatic hydroxyl groups is 3. The molecule has 0 amide bonds. The molecule has 2 aromatic rings. The van der Waals surface area contributed by atoms with Crippen molar-refractivity contribution in [1.82, 2.24) is 19.5 Å². The zero-order chi connectivity index (χ0) is 15.2. The van der Waals surface area contributed by atoms with E-state index in [1.807, 2.05) is 0 Å². The SMILES string of the molecule is N#C[C@]1(CO)O[C@@H](n2cnc3c(N)ncnc32)C(O)C1O. The fourth-order valence-corrected chi connectivity index (χ4v) is 2.32. The van der Waals surface area contributed by atoms with Crippen LogP contribution in [0.15, 0.2) is 12.7 Å². The molecule has 0 spiro atoms. The molecule has 21 heavy (non-hydrogen) atoms. The Labute approximate surface area is 118 Å². The molecule has 2 aromatic heterocycles. The van der Waals surface area contributed by atoms with E-state index in [9.17, 15) is 15.3 Å². The second kappa shape index (κ2) is 4.61. The quantitative estimate of drug-likeness (QED) is 0.486. The summed E-state index contributed by atoms with van der Waals surface area (Å²) in [5.41, 5.74) is 4.35. The van der Waals surface area contributed by atoms with Gasteiger partial charge in [0.25, 0.3) is 0 Å². The van der Waals surface area contributed by atoms with Gasteiger partial charge in [-0.05, 0) is 0 Å². The van der Waals surface area contributed by atoms with E-state index in [1.165, 1.54) is 17.2 Å². The van der Waals surface area contributed by atoms with Gasteiger partial charge in [-0.3, -0.25) is 4.57 Å². The van der Waals surface area contributed by atoms with Crippen LogP contribution in [0.2, 0.25) is 0 Å². The maximum Gasteiger partial charge on any atom is 0.207 e. The highest BCUT2D eigenvalue weighted by molar-refractivity contribution is 5.81. The molecule has 0 saturated carbocycles. The molecule has 0 aromatic carbocycles. The van der Waals surface area contributed by atoms with Crippen LogP contribution in [0.3, 0.4) is 0 Å². The van der Waals surface area contributed by atoms with Crippen LogP contribution in [0.25, 0.3) is 11.2 Å². The van der Waals surface area contributed by atoms with Crippen LogP contribution < -0.4 is 5.73 Å². The number of rotatable bonds is 2. The first-order valence-electron chi connectivity index (χ1n) is 6.03. The first-order valence-corrected chi connectivity index (χ1v) is 6.03. The molecule has 1 aliphatic heterocycles. The predicted molar refractivity (Wildman–Crippen MR) is 67.3 cm³/mol. The molecule has 3 heterocycles. The van der Waals surface area contributed by atoms with Crippen LogP contribution in [0.4, 0.5) is 5.82 Å². The Balaban J connectivity index is 2.08. The van der Waals surface area contributed by atoms with Crippen LogP contribution >= 0.6 is 0 Å². The topological polar surface area (TPSA) is 163 Å². The Bertz CT molecular complexity index is 727. The molecule has 2 unspecified atom stereocenters. The van der Waals surface area contributed by atoms with E-state index in [-0.39, 0.29) is 11.5 Å². The normalized spacial score (nSPS) is 32.4. The molecule has 0 bridgehead atoms. The minimum atomic E-state index is -1.90. The minimum absolute atomic E-state index is 0.153.